The van der Waals surface area contributed by atoms with Gasteiger partial charge in [0.1, 0.15) is 12.6 Å². The van der Waals surface area contributed by atoms with Crippen LogP contribution in [0.4, 0.5) is 0 Å². The van der Waals surface area contributed by atoms with Gasteiger partial charge in [-0.25, -0.2) is 0 Å². The lowest BCUT2D eigenvalue weighted by Gasteiger charge is -2.44. The average Bonchev–Trinajstić information content (AvgIpc) is 1.99. The molecule has 2 N–H and O–H groups in total. The van der Waals surface area contributed by atoms with Crippen LogP contribution in [0.2, 0.25) is 0 Å². The maximum absolute atomic E-state index is 10.2. The Hall–Kier alpha value is -0.0800. The molecule has 1 heterocycles. The summed E-state index contributed by atoms with van der Waals surface area (Å²) in [6.07, 6.45) is -0.122. The van der Waals surface area contributed by atoms with Crippen LogP contribution in [-0.4, -0.2) is 29.8 Å². The first-order valence-corrected chi connectivity index (χ1v) is 6.26. The first kappa shape index (κ1) is 13.0. The molecule has 1 fully saturated rings. The SMILES string of the molecule is CC(C)[C@@H]1[C@@H](C)C[NH+](C(C)(C)C)C[C@@H]1O. The van der Waals surface area contributed by atoms with Crippen LogP contribution >= 0.6 is 0 Å². The molecule has 0 spiro atoms. The molecule has 90 valence electrons. The summed E-state index contributed by atoms with van der Waals surface area (Å²) < 4.78 is 0. The van der Waals surface area contributed by atoms with Gasteiger partial charge in [0.15, 0.2) is 0 Å². The van der Waals surface area contributed by atoms with Crippen LogP contribution in [0.5, 0.6) is 0 Å². The molecule has 0 aliphatic carbocycles. The normalized spacial score (nSPS) is 38.4. The molecule has 0 bridgehead atoms. The molecule has 0 saturated carbocycles. The van der Waals surface area contributed by atoms with E-state index in [9.17, 15) is 5.11 Å². The molecule has 2 heteroatoms. The van der Waals surface area contributed by atoms with Crippen LogP contribution in [0.1, 0.15) is 41.5 Å². The van der Waals surface area contributed by atoms with Gasteiger partial charge < -0.3 is 10.0 Å². The van der Waals surface area contributed by atoms with E-state index in [1.165, 1.54) is 6.54 Å². The topological polar surface area (TPSA) is 24.7 Å². The predicted molar refractivity (Wildman–Crippen MR) is 63.9 cm³/mol. The summed E-state index contributed by atoms with van der Waals surface area (Å²) in [4.78, 5) is 1.54. The predicted octanol–water partition coefficient (Wildman–Crippen LogP) is 0.953. The summed E-state index contributed by atoms with van der Waals surface area (Å²) in [5.41, 5.74) is 0.261. The van der Waals surface area contributed by atoms with Crippen molar-refractivity contribution in [3.05, 3.63) is 0 Å². The van der Waals surface area contributed by atoms with Crippen molar-refractivity contribution in [3.63, 3.8) is 0 Å². The number of rotatable bonds is 1. The summed E-state index contributed by atoms with van der Waals surface area (Å²) in [7, 11) is 0. The van der Waals surface area contributed by atoms with Gasteiger partial charge in [0.25, 0.3) is 0 Å². The van der Waals surface area contributed by atoms with E-state index in [0.29, 0.717) is 17.8 Å². The van der Waals surface area contributed by atoms with Crippen LogP contribution in [0, 0.1) is 17.8 Å². The highest BCUT2D eigenvalue weighted by molar-refractivity contribution is 4.80. The monoisotopic (exact) mass is 214 g/mol. The largest absolute Gasteiger partial charge is 0.387 e. The molecule has 0 aromatic rings. The third-order valence-electron chi connectivity index (χ3n) is 3.96. The van der Waals surface area contributed by atoms with Crippen molar-refractivity contribution >= 4 is 0 Å². The molecule has 15 heavy (non-hydrogen) atoms. The van der Waals surface area contributed by atoms with E-state index in [1.807, 2.05) is 0 Å². The quantitative estimate of drug-likeness (QED) is 0.667. The lowest BCUT2D eigenvalue weighted by atomic mass is 9.76. The molecule has 1 aliphatic heterocycles. The summed E-state index contributed by atoms with van der Waals surface area (Å²) in [5.74, 6) is 1.70. The van der Waals surface area contributed by atoms with E-state index < -0.39 is 0 Å². The summed E-state index contributed by atoms with van der Waals surface area (Å²) >= 11 is 0. The van der Waals surface area contributed by atoms with Crippen LogP contribution < -0.4 is 4.90 Å². The lowest BCUT2D eigenvalue weighted by molar-refractivity contribution is -0.958. The Morgan fingerprint density at radius 1 is 1.20 bits per heavy atom. The number of aliphatic hydroxyl groups excluding tert-OH is 1. The van der Waals surface area contributed by atoms with E-state index in [2.05, 4.69) is 41.5 Å². The van der Waals surface area contributed by atoms with Gasteiger partial charge in [-0.3, -0.25) is 0 Å². The molecule has 0 aromatic heterocycles. The van der Waals surface area contributed by atoms with E-state index in [1.54, 1.807) is 4.90 Å². The average molecular weight is 214 g/mol. The van der Waals surface area contributed by atoms with Gasteiger partial charge in [0, 0.05) is 11.8 Å². The third kappa shape index (κ3) is 2.94. The molecule has 0 aromatic carbocycles. The third-order valence-corrected chi connectivity index (χ3v) is 3.96. The van der Waals surface area contributed by atoms with Crippen molar-refractivity contribution in [2.75, 3.05) is 13.1 Å². The molecule has 4 atom stereocenters. The number of likely N-dealkylation sites (tertiary alicyclic amines) is 1. The van der Waals surface area contributed by atoms with Crippen LogP contribution in [0.25, 0.3) is 0 Å². The maximum atomic E-state index is 10.2. The molecule has 1 rings (SSSR count). The van der Waals surface area contributed by atoms with Gasteiger partial charge in [-0.2, -0.15) is 0 Å². The molecular formula is C13H28NO+. The Morgan fingerprint density at radius 3 is 2.07 bits per heavy atom. The minimum Gasteiger partial charge on any atom is -0.387 e. The Bertz CT molecular complexity index is 195. The Morgan fingerprint density at radius 2 is 1.73 bits per heavy atom. The van der Waals surface area contributed by atoms with Crippen molar-refractivity contribution in [3.8, 4) is 0 Å². The fourth-order valence-corrected chi connectivity index (χ4v) is 3.09. The first-order chi connectivity index (χ1) is 6.73. The zero-order valence-electron chi connectivity index (χ0n) is 11.2. The molecule has 1 aliphatic rings. The Labute approximate surface area is 94.7 Å². The van der Waals surface area contributed by atoms with Crippen LogP contribution in [0.3, 0.4) is 0 Å². The number of piperidine rings is 1. The van der Waals surface area contributed by atoms with Gasteiger partial charge in [-0.05, 0) is 26.7 Å². The molecule has 1 unspecified atom stereocenters. The summed E-state index contributed by atoms with van der Waals surface area (Å²) in [5, 5.41) is 10.2. The van der Waals surface area contributed by atoms with E-state index in [4.69, 9.17) is 0 Å². The number of aliphatic hydroxyl groups is 1. The minimum atomic E-state index is -0.122. The van der Waals surface area contributed by atoms with Gasteiger partial charge in [-0.15, -0.1) is 0 Å². The highest BCUT2D eigenvalue weighted by Crippen LogP contribution is 2.25. The fourth-order valence-electron chi connectivity index (χ4n) is 3.09. The number of quaternary nitrogens is 1. The standard InChI is InChI=1S/C13H27NO/c1-9(2)12-10(3)7-14(8-11(12)15)13(4,5)6/h9-12,15H,7-8H2,1-6H3/p+1/t10-,11-,12+/m0/s1. The molecule has 1 saturated heterocycles. The van der Waals surface area contributed by atoms with Gasteiger partial charge in [-0.1, -0.05) is 20.8 Å². The van der Waals surface area contributed by atoms with Crippen LogP contribution in [0.15, 0.2) is 0 Å². The van der Waals surface area contributed by atoms with Gasteiger partial charge >= 0.3 is 0 Å². The highest BCUT2D eigenvalue weighted by atomic mass is 16.3. The number of hydrogen-bond acceptors (Lipinski definition) is 1. The van der Waals surface area contributed by atoms with Crippen LogP contribution in [-0.2, 0) is 0 Å². The molecule has 0 amide bonds. The Kier molecular flexibility index (Phi) is 3.83. The second-order valence-corrected chi connectivity index (χ2v) is 6.63. The van der Waals surface area contributed by atoms with E-state index >= 15 is 0 Å². The summed E-state index contributed by atoms with van der Waals surface area (Å²) in [6.45, 7) is 15.6. The number of nitrogens with one attached hydrogen (secondary N) is 1. The van der Waals surface area contributed by atoms with Crippen molar-refractivity contribution in [1.82, 2.24) is 0 Å². The highest BCUT2D eigenvalue weighted by Gasteiger charge is 2.41. The second kappa shape index (κ2) is 4.42. The smallest absolute Gasteiger partial charge is 0.106 e. The van der Waals surface area contributed by atoms with Crippen molar-refractivity contribution in [2.24, 2.45) is 17.8 Å². The molecular weight excluding hydrogens is 186 g/mol. The maximum Gasteiger partial charge on any atom is 0.106 e. The summed E-state index contributed by atoms with van der Waals surface area (Å²) in [6, 6.07) is 0. The van der Waals surface area contributed by atoms with Gasteiger partial charge in [0.2, 0.25) is 0 Å². The number of hydrogen-bond donors (Lipinski definition) is 2. The van der Waals surface area contributed by atoms with Crippen molar-refractivity contribution in [2.45, 2.75) is 53.2 Å². The lowest BCUT2D eigenvalue weighted by Crippen LogP contribution is -3.21. The van der Waals surface area contributed by atoms with E-state index in [-0.39, 0.29) is 11.6 Å². The second-order valence-electron chi connectivity index (χ2n) is 6.63. The fraction of sp³-hybridized carbons (Fsp3) is 1.00. The Balaban J connectivity index is 2.71. The zero-order valence-corrected chi connectivity index (χ0v) is 11.2. The minimum absolute atomic E-state index is 0.122. The van der Waals surface area contributed by atoms with Gasteiger partial charge in [0.05, 0.1) is 12.1 Å². The van der Waals surface area contributed by atoms with Crippen molar-refractivity contribution < 1.29 is 10.0 Å². The molecule has 0 radical (unpaired) electrons. The van der Waals surface area contributed by atoms with E-state index in [0.717, 1.165) is 6.54 Å². The first-order valence-electron chi connectivity index (χ1n) is 6.26. The molecule has 2 nitrogen and oxygen atoms in total. The zero-order chi connectivity index (χ0) is 11.8. The van der Waals surface area contributed by atoms with Crippen molar-refractivity contribution in [1.29, 1.82) is 0 Å².